The predicted octanol–water partition coefficient (Wildman–Crippen LogP) is 16.1. The molecule has 0 radical (unpaired) electrons. The molecule has 0 unspecified atom stereocenters. The van der Waals surface area contributed by atoms with Crippen LogP contribution in [0, 0.1) is 0 Å². The van der Waals surface area contributed by atoms with Crippen molar-refractivity contribution in [1.82, 2.24) is 4.57 Å². The van der Waals surface area contributed by atoms with Gasteiger partial charge >= 0.3 is 6.85 Å². The molecule has 0 spiro atoms. The molecule has 3 aliphatic rings. The fourth-order valence-corrected chi connectivity index (χ4v) is 12.4. The minimum absolute atomic E-state index is 0.0142. The van der Waals surface area contributed by atoms with Gasteiger partial charge in [-0.3, -0.25) is 0 Å². The van der Waals surface area contributed by atoms with E-state index in [0.29, 0.717) is 0 Å². The average Bonchev–Trinajstić information content (AvgIpc) is 3.94. The Hall–Kier alpha value is -6.20. The molecule has 67 heavy (non-hydrogen) atoms. The number of furan rings is 2. The largest absolute Gasteiger partial charge is 0.456 e. The number of para-hydroxylation sites is 1. The van der Waals surface area contributed by atoms with Gasteiger partial charge in [-0.25, -0.2) is 0 Å². The first-order valence-electron chi connectivity index (χ1n) is 24.7. The topological polar surface area (TPSA) is 34.5 Å². The number of nitrogens with zero attached hydrogens (tertiary/aromatic N) is 2. The van der Waals surface area contributed by atoms with Gasteiger partial charge in [-0.05, 0) is 145 Å². The third-order valence-electron chi connectivity index (χ3n) is 16.5. The van der Waals surface area contributed by atoms with Gasteiger partial charge in [-0.1, -0.05) is 139 Å². The van der Waals surface area contributed by atoms with Gasteiger partial charge in [0.2, 0.25) is 0 Å². The molecule has 0 saturated heterocycles. The van der Waals surface area contributed by atoms with Crippen LogP contribution in [0.1, 0.15) is 131 Å². The van der Waals surface area contributed by atoms with E-state index < -0.39 is 0 Å². The van der Waals surface area contributed by atoms with Crippen LogP contribution in [0.4, 0.5) is 11.4 Å². The van der Waals surface area contributed by atoms with Gasteiger partial charge in [0.1, 0.15) is 22.3 Å². The fourth-order valence-electron chi connectivity index (χ4n) is 12.4. The molecule has 5 heterocycles. The lowest BCUT2D eigenvalue weighted by Crippen LogP contribution is -2.60. The molecule has 10 aromatic rings. The molecule has 2 aliphatic heterocycles. The van der Waals surface area contributed by atoms with Crippen LogP contribution in [0.2, 0.25) is 0 Å². The summed E-state index contributed by atoms with van der Waals surface area (Å²) in [5.74, 6) is 0. The predicted molar refractivity (Wildman–Crippen MR) is 286 cm³/mol. The van der Waals surface area contributed by atoms with Gasteiger partial charge in [-0.2, -0.15) is 0 Å². The molecule has 0 bridgehead atoms. The quantitative estimate of drug-likeness (QED) is 0.154. The molecular formula is C62H61BN2O2. The summed E-state index contributed by atoms with van der Waals surface area (Å²) in [6, 6.07) is 42.4. The Morgan fingerprint density at radius 2 is 1.13 bits per heavy atom. The van der Waals surface area contributed by atoms with Crippen molar-refractivity contribution in [2.24, 2.45) is 0 Å². The SMILES string of the molecule is CC(C)(C)c1ccc(N2B3c4cc(C(C)(C)C)ccc4-n4c5ccc(C(C)(C)C)cc5c5c6oc7ccccc7c6c(c3c54)-c3cc4oc5cc6c(cc5c4cc32)C(C)(C)CCC6(C)C)cc1. The lowest BCUT2D eigenvalue weighted by Gasteiger charge is -2.42. The van der Waals surface area contributed by atoms with E-state index >= 15 is 0 Å². The van der Waals surface area contributed by atoms with Crippen molar-refractivity contribution in [2.75, 3.05) is 4.81 Å². The van der Waals surface area contributed by atoms with Crippen LogP contribution in [-0.4, -0.2) is 11.4 Å². The van der Waals surface area contributed by atoms with Crippen molar-refractivity contribution in [2.45, 2.75) is 130 Å². The maximum atomic E-state index is 7.24. The second-order valence-corrected chi connectivity index (χ2v) is 24.9. The Morgan fingerprint density at radius 1 is 0.522 bits per heavy atom. The van der Waals surface area contributed by atoms with Gasteiger partial charge in [-0.15, -0.1) is 0 Å². The van der Waals surface area contributed by atoms with E-state index in [2.05, 4.69) is 209 Å². The summed E-state index contributed by atoms with van der Waals surface area (Å²) in [5, 5.41) is 7.09. The van der Waals surface area contributed by atoms with Crippen molar-refractivity contribution in [1.29, 1.82) is 0 Å². The highest BCUT2D eigenvalue weighted by molar-refractivity contribution is 6.94. The molecule has 13 rings (SSSR count). The van der Waals surface area contributed by atoms with Crippen molar-refractivity contribution in [3.63, 3.8) is 0 Å². The van der Waals surface area contributed by atoms with E-state index in [0.717, 1.165) is 45.9 Å². The number of benzene rings is 7. The first kappa shape index (κ1) is 41.0. The molecule has 5 heteroatoms. The Labute approximate surface area is 395 Å². The van der Waals surface area contributed by atoms with Crippen LogP contribution < -0.4 is 15.7 Å². The number of hydrogen-bond acceptors (Lipinski definition) is 3. The normalized spacial score (nSPS) is 16.5. The van der Waals surface area contributed by atoms with Crippen LogP contribution in [0.15, 0.2) is 118 Å². The molecule has 3 aromatic heterocycles. The summed E-state index contributed by atoms with van der Waals surface area (Å²) in [6.07, 6.45) is 2.32. The van der Waals surface area contributed by atoms with Gasteiger partial charge in [0, 0.05) is 49.6 Å². The molecule has 1 aliphatic carbocycles. The lowest BCUT2D eigenvalue weighted by molar-refractivity contribution is 0.332. The summed E-state index contributed by atoms with van der Waals surface area (Å²) in [6.45, 7) is 30.4. The number of aromatic nitrogens is 1. The van der Waals surface area contributed by atoms with Gasteiger partial charge in [0.25, 0.3) is 0 Å². The summed E-state index contributed by atoms with van der Waals surface area (Å²) in [4.78, 5) is 2.69. The fraction of sp³-hybridized carbons (Fsp3) is 0.323. The minimum Gasteiger partial charge on any atom is -0.456 e. The van der Waals surface area contributed by atoms with Gasteiger partial charge in [0.15, 0.2) is 0 Å². The second-order valence-electron chi connectivity index (χ2n) is 24.9. The first-order chi connectivity index (χ1) is 31.6. The lowest BCUT2D eigenvalue weighted by atomic mass is 9.43. The smallest absolute Gasteiger partial charge is 0.333 e. The Morgan fingerprint density at radius 3 is 1.84 bits per heavy atom. The Balaban J connectivity index is 1.25. The average molecular weight is 877 g/mol. The second kappa shape index (κ2) is 12.9. The maximum Gasteiger partial charge on any atom is 0.333 e. The Bertz CT molecular complexity index is 3810. The van der Waals surface area contributed by atoms with Crippen LogP contribution >= 0.6 is 0 Å². The molecule has 334 valence electrons. The summed E-state index contributed by atoms with van der Waals surface area (Å²) in [5.41, 5.74) is 21.7. The summed E-state index contributed by atoms with van der Waals surface area (Å²) in [7, 11) is 0. The molecule has 7 aromatic carbocycles. The van der Waals surface area contributed by atoms with E-state index in [9.17, 15) is 0 Å². The molecular weight excluding hydrogens is 816 g/mol. The Kier molecular flexibility index (Phi) is 7.88. The van der Waals surface area contributed by atoms with Gasteiger partial charge in [0.05, 0.1) is 16.4 Å². The maximum absolute atomic E-state index is 7.24. The van der Waals surface area contributed by atoms with Crippen molar-refractivity contribution in [3.8, 4) is 16.8 Å². The molecule has 0 fully saturated rings. The number of hydrogen-bond donors (Lipinski definition) is 0. The number of anilines is 2. The van der Waals surface area contributed by atoms with Crippen LogP contribution in [-0.2, 0) is 27.1 Å². The standard InChI is InChI=1S/C62H61BN2O2/c1-58(2,3)34-18-22-37(23-19-34)65-48-31-40-39-30-43-44(62(12,13)27-26-61(43,10)11)33-51(39)66-50(40)32-42(48)52-53-38-16-14-15-17-49(38)67-57(53)54-41-28-35(59(4,5)6)20-24-46(41)64-47-25-21-36(60(7,8)9)29-45(47)63(65)55(52)56(54)64/h14-25,28-33H,26-27H2,1-13H3. The highest BCUT2D eigenvalue weighted by Gasteiger charge is 2.47. The molecule has 0 atom stereocenters. The zero-order valence-electron chi connectivity index (χ0n) is 41.6. The summed E-state index contributed by atoms with van der Waals surface area (Å²) < 4.78 is 17.0. The van der Waals surface area contributed by atoms with E-state index in [1.807, 2.05) is 0 Å². The monoisotopic (exact) mass is 876 g/mol. The van der Waals surface area contributed by atoms with E-state index in [4.69, 9.17) is 8.83 Å². The van der Waals surface area contributed by atoms with E-state index in [-0.39, 0.29) is 33.9 Å². The zero-order chi connectivity index (χ0) is 46.6. The van der Waals surface area contributed by atoms with E-state index in [1.165, 1.54) is 99.5 Å². The molecule has 0 amide bonds. The van der Waals surface area contributed by atoms with Crippen LogP contribution in [0.5, 0.6) is 0 Å². The third kappa shape index (κ3) is 5.55. The zero-order valence-corrected chi connectivity index (χ0v) is 41.6. The highest BCUT2D eigenvalue weighted by atomic mass is 16.3. The van der Waals surface area contributed by atoms with Gasteiger partial charge < -0.3 is 18.2 Å². The molecule has 0 N–H and O–H groups in total. The first-order valence-corrected chi connectivity index (χ1v) is 24.7. The van der Waals surface area contributed by atoms with Crippen molar-refractivity contribution >= 4 is 94.8 Å². The summed E-state index contributed by atoms with van der Waals surface area (Å²) >= 11 is 0. The van der Waals surface area contributed by atoms with Crippen LogP contribution in [0.25, 0.3) is 82.5 Å². The van der Waals surface area contributed by atoms with Crippen LogP contribution in [0.3, 0.4) is 0 Å². The number of rotatable bonds is 1. The van der Waals surface area contributed by atoms with E-state index in [1.54, 1.807) is 0 Å². The van der Waals surface area contributed by atoms with Crippen molar-refractivity contribution < 1.29 is 8.83 Å². The third-order valence-corrected chi connectivity index (χ3v) is 16.5. The molecule has 0 saturated carbocycles. The number of fused-ring (bicyclic) bond motifs is 17. The van der Waals surface area contributed by atoms with Crippen molar-refractivity contribution in [3.05, 3.63) is 137 Å². The highest BCUT2D eigenvalue weighted by Crippen LogP contribution is 2.54. The minimum atomic E-state index is -0.150. The molecule has 4 nitrogen and oxygen atoms in total.